The zero-order valence-electron chi connectivity index (χ0n) is 11.6. The average Bonchev–Trinajstić information content (AvgIpc) is 2.99. The van der Waals surface area contributed by atoms with E-state index >= 15 is 0 Å². The number of halogens is 1. The molecule has 4 heteroatoms. The molecule has 0 radical (unpaired) electrons. The standard InChI is InChI=1S/C18H12FNOS/c19-13-7-2-1-6-12(13)18-17(21)15-9-5-11-20(15)14-8-3-4-10-16(14)22-18/h1-11,18H/t18-/m0/s1. The molecule has 1 atom stereocenters. The van der Waals surface area contributed by atoms with Gasteiger partial charge in [-0.2, -0.15) is 0 Å². The van der Waals surface area contributed by atoms with Crippen LogP contribution in [0, 0.1) is 5.82 Å². The van der Waals surface area contributed by atoms with Gasteiger partial charge in [-0.1, -0.05) is 30.3 Å². The van der Waals surface area contributed by atoms with Crippen molar-refractivity contribution in [3.8, 4) is 5.69 Å². The first-order chi connectivity index (χ1) is 10.8. The topological polar surface area (TPSA) is 22.0 Å². The number of nitrogens with zero attached hydrogens (tertiary/aromatic N) is 1. The molecule has 4 rings (SSSR count). The first-order valence-electron chi connectivity index (χ1n) is 6.98. The van der Waals surface area contributed by atoms with Crippen LogP contribution in [0.1, 0.15) is 21.3 Å². The molecule has 0 saturated heterocycles. The summed E-state index contributed by atoms with van der Waals surface area (Å²) in [5.41, 5.74) is 1.98. The minimum atomic E-state index is -0.571. The predicted octanol–water partition coefficient (Wildman–Crippen LogP) is 4.65. The van der Waals surface area contributed by atoms with Gasteiger partial charge in [0.2, 0.25) is 0 Å². The van der Waals surface area contributed by atoms with Crippen LogP contribution < -0.4 is 0 Å². The molecule has 2 nitrogen and oxygen atoms in total. The summed E-state index contributed by atoms with van der Waals surface area (Å²) in [6.07, 6.45) is 1.87. The van der Waals surface area contributed by atoms with E-state index in [2.05, 4.69) is 0 Å². The molecular weight excluding hydrogens is 297 g/mol. The highest BCUT2D eigenvalue weighted by molar-refractivity contribution is 8.00. The van der Waals surface area contributed by atoms with Crippen molar-refractivity contribution in [3.63, 3.8) is 0 Å². The Morgan fingerprint density at radius 3 is 2.59 bits per heavy atom. The second-order valence-electron chi connectivity index (χ2n) is 5.11. The number of carbonyl (C=O) groups excluding carboxylic acids is 1. The van der Waals surface area contributed by atoms with Crippen molar-refractivity contribution < 1.29 is 9.18 Å². The maximum absolute atomic E-state index is 14.2. The number of thioether (sulfide) groups is 1. The lowest BCUT2D eigenvalue weighted by Gasteiger charge is -2.14. The van der Waals surface area contributed by atoms with Gasteiger partial charge in [-0.05, 0) is 30.3 Å². The SMILES string of the molecule is O=C1c2cccn2-c2ccccc2S[C@H]1c1ccccc1F. The summed E-state index contributed by atoms with van der Waals surface area (Å²) in [5, 5.41) is -0.571. The molecule has 2 aromatic carbocycles. The summed E-state index contributed by atoms with van der Waals surface area (Å²) >= 11 is 1.40. The summed E-state index contributed by atoms with van der Waals surface area (Å²) in [7, 11) is 0. The van der Waals surface area contributed by atoms with Crippen LogP contribution in [0.2, 0.25) is 0 Å². The first kappa shape index (κ1) is 13.3. The molecule has 0 bridgehead atoms. The Morgan fingerprint density at radius 1 is 0.955 bits per heavy atom. The summed E-state index contributed by atoms with van der Waals surface area (Å²) in [6, 6.07) is 17.9. The number of para-hydroxylation sites is 1. The smallest absolute Gasteiger partial charge is 0.197 e. The Hall–Kier alpha value is -2.33. The Labute approximate surface area is 131 Å². The second-order valence-corrected chi connectivity index (χ2v) is 6.26. The highest BCUT2D eigenvalue weighted by Gasteiger charge is 2.31. The van der Waals surface area contributed by atoms with Crippen LogP contribution >= 0.6 is 11.8 Å². The third-order valence-corrected chi connectivity index (χ3v) is 5.10. The molecule has 0 amide bonds. The van der Waals surface area contributed by atoms with Crippen molar-refractivity contribution >= 4 is 17.5 Å². The quantitative estimate of drug-likeness (QED) is 0.653. The fourth-order valence-electron chi connectivity index (χ4n) is 2.75. The van der Waals surface area contributed by atoms with Crippen LogP contribution in [0.5, 0.6) is 0 Å². The molecule has 0 aliphatic carbocycles. The van der Waals surface area contributed by atoms with E-state index in [1.165, 1.54) is 17.8 Å². The van der Waals surface area contributed by atoms with Crippen LogP contribution in [-0.2, 0) is 0 Å². The maximum atomic E-state index is 14.2. The van der Waals surface area contributed by atoms with E-state index < -0.39 is 5.25 Å². The molecule has 0 fully saturated rings. The summed E-state index contributed by atoms with van der Waals surface area (Å²) in [6.45, 7) is 0. The molecule has 1 aliphatic heterocycles. The van der Waals surface area contributed by atoms with Gasteiger partial charge in [0, 0.05) is 16.7 Å². The largest absolute Gasteiger partial charge is 0.313 e. The number of hydrogen-bond acceptors (Lipinski definition) is 2. The van der Waals surface area contributed by atoms with E-state index in [0.717, 1.165) is 10.6 Å². The maximum Gasteiger partial charge on any atom is 0.197 e. The Morgan fingerprint density at radius 2 is 1.73 bits per heavy atom. The second kappa shape index (κ2) is 5.14. The number of benzene rings is 2. The molecule has 3 aromatic rings. The van der Waals surface area contributed by atoms with Gasteiger partial charge >= 0.3 is 0 Å². The van der Waals surface area contributed by atoms with Crippen molar-refractivity contribution in [1.82, 2.24) is 4.57 Å². The fraction of sp³-hybridized carbons (Fsp3) is 0.0556. The zero-order chi connectivity index (χ0) is 15.1. The molecule has 108 valence electrons. The number of fused-ring (bicyclic) bond motifs is 3. The molecular formula is C18H12FNOS. The molecule has 22 heavy (non-hydrogen) atoms. The highest BCUT2D eigenvalue weighted by atomic mass is 32.2. The molecule has 1 aromatic heterocycles. The highest BCUT2D eigenvalue weighted by Crippen LogP contribution is 2.44. The summed E-state index contributed by atoms with van der Waals surface area (Å²) in [5.74, 6) is -0.415. The molecule has 1 aliphatic rings. The van der Waals surface area contributed by atoms with E-state index in [1.807, 2.05) is 41.1 Å². The molecule has 0 spiro atoms. The number of rotatable bonds is 1. The van der Waals surface area contributed by atoms with Gasteiger partial charge in [0.15, 0.2) is 5.78 Å². The van der Waals surface area contributed by atoms with Crippen molar-refractivity contribution in [3.05, 3.63) is 83.9 Å². The van der Waals surface area contributed by atoms with E-state index in [-0.39, 0.29) is 11.6 Å². The Balaban J connectivity index is 1.94. The van der Waals surface area contributed by atoms with Crippen molar-refractivity contribution in [2.75, 3.05) is 0 Å². The number of hydrogen-bond donors (Lipinski definition) is 0. The van der Waals surface area contributed by atoms with E-state index in [1.54, 1.807) is 24.3 Å². The molecule has 0 N–H and O–H groups in total. The molecule has 2 heterocycles. The number of ketones is 1. The van der Waals surface area contributed by atoms with Crippen LogP contribution in [0.15, 0.2) is 71.8 Å². The fourth-order valence-corrected chi connectivity index (χ4v) is 4.00. The third kappa shape index (κ3) is 1.99. The zero-order valence-corrected chi connectivity index (χ0v) is 12.4. The molecule has 0 saturated carbocycles. The van der Waals surface area contributed by atoms with Gasteiger partial charge < -0.3 is 4.57 Å². The van der Waals surface area contributed by atoms with Crippen LogP contribution in [0.4, 0.5) is 4.39 Å². The minimum Gasteiger partial charge on any atom is -0.313 e. The summed E-state index contributed by atoms with van der Waals surface area (Å²) in [4.78, 5) is 13.9. The van der Waals surface area contributed by atoms with Gasteiger partial charge in [-0.3, -0.25) is 4.79 Å². The minimum absolute atomic E-state index is 0.0729. The van der Waals surface area contributed by atoms with Crippen LogP contribution in [0.3, 0.4) is 0 Å². The number of Topliss-reactive ketones (excluding diaryl/α,β-unsaturated/α-hetero) is 1. The van der Waals surface area contributed by atoms with Crippen LogP contribution in [-0.4, -0.2) is 10.4 Å². The van der Waals surface area contributed by atoms with Gasteiger partial charge in [0.1, 0.15) is 11.1 Å². The lowest BCUT2D eigenvalue weighted by Crippen LogP contribution is -2.12. The van der Waals surface area contributed by atoms with Gasteiger partial charge in [0.05, 0.1) is 11.4 Å². The lowest BCUT2D eigenvalue weighted by atomic mass is 10.1. The van der Waals surface area contributed by atoms with Crippen molar-refractivity contribution in [2.45, 2.75) is 10.1 Å². The Kier molecular flexibility index (Phi) is 3.12. The van der Waals surface area contributed by atoms with E-state index in [4.69, 9.17) is 0 Å². The monoisotopic (exact) mass is 309 g/mol. The van der Waals surface area contributed by atoms with E-state index in [9.17, 15) is 9.18 Å². The number of aromatic nitrogens is 1. The van der Waals surface area contributed by atoms with E-state index in [0.29, 0.717) is 11.3 Å². The van der Waals surface area contributed by atoms with Gasteiger partial charge in [-0.15, -0.1) is 11.8 Å². The first-order valence-corrected chi connectivity index (χ1v) is 7.86. The van der Waals surface area contributed by atoms with Crippen molar-refractivity contribution in [1.29, 1.82) is 0 Å². The molecule has 0 unspecified atom stereocenters. The Bertz CT molecular complexity index is 871. The number of carbonyl (C=O) groups is 1. The van der Waals surface area contributed by atoms with Gasteiger partial charge in [0.25, 0.3) is 0 Å². The third-order valence-electron chi connectivity index (χ3n) is 3.80. The normalized spacial score (nSPS) is 16.8. The predicted molar refractivity (Wildman–Crippen MR) is 85.1 cm³/mol. The summed E-state index contributed by atoms with van der Waals surface area (Å²) < 4.78 is 16.1. The van der Waals surface area contributed by atoms with Crippen LogP contribution in [0.25, 0.3) is 5.69 Å². The van der Waals surface area contributed by atoms with Gasteiger partial charge in [-0.25, -0.2) is 4.39 Å². The van der Waals surface area contributed by atoms with Crippen molar-refractivity contribution in [2.24, 2.45) is 0 Å². The lowest BCUT2D eigenvalue weighted by molar-refractivity contribution is 0.0982. The average molecular weight is 309 g/mol.